The van der Waals surface area contributed by atoms with Gasteiger partial charge in [-0.05, 0) is 88.1 Å². The smallest absolute Gasteiger partial charge is 0.410 e. The number of ether oxygens (including phenoxy) is 4. The van der Waals surface area contributed by atoms with Crippen LogP contribution in [0.25, 0.3) is 22.0 Å². The van der Waals surface area contributed by atoms with E-state index >= 15 is 0 Å². The fourth-order valence-electron chi connectivity index (χ4n) is 6.10. The molecule has 1 atom stereocenters. The van der Waals surface area contributed by atoms with Gasteiger partial charge in [-0.15, -0.1) is 11.3 Å². The molecule has 0 bridgehead atoms. The van der Waals surface area contributed by atoms with Gasteiger partial charge in [-0.25, -0.2) is 14.8 Å². The highest BCUT2D eigenvalue weighted by atomic mass is 32.1. The first kappa shape index (κ1) is 39.4. The third kappa shape index (κ3) is 10.8. The molecule has 10 nitrogen and oxygen atoms in total. The summed E-state index contributed by atoms with van der Waals surface area (Å²) < 4.78 is 22.0. The summed E-state index contributed by atoms with van der Waals surface area (Å²) in [6.07, 6.45) is 7.02. The summed E-state index contributed by atoms with van der Waals surface area (Å²) in [6, 6.07) is 12.3. The van der Waals surface area contributed by atoms with Crippen LogP contribution in [0.1, 0.15) is 101 Å². The average Bonchev–Trinajstić information content (AvgIpc) is 3.59. The summed E-state index contributed by atoms with van der Waals surface area (Å²) in [4.78, 5) is 36.6. The molecule has 0 saturated carbocycles. The second-order valence-electron chi connectivity index (χ2n) is 13.9. The van der Waals surface area contributed by atoms with Gasteiger partial charge in [0, 0.05) is 35.8 Å². The number of esters is 1. The van der Waals surface area contributed by atoms with Gasteiger partial charge in [-0.3, -0.25) is 4.79 Å². The molecule has 11 heteroatoms. The Morgan fingerprint density at radius 1 is 0.961 bits per heavy atom. The van der Waals surface area contributed by atoms with Crippen LogP contribution >= 0.6 is 11.3 Å². The first-order valence-electron chi connectivity index (χ1n) is 17.7. The number of methoxy groups -OCH3 is 3. The molecule has 0 fully saturated rings. The third-order valence-electron chi connectivity index (χ3n) is 8.67. The minimum Gasteiger partial charge on any atom is -0.493 e. The Balaban J connectivity index is 1.52. The van der Waals surface area contributed by atoms with E-state index in [0.717, 1.165) is 88.8 Å². The molecule has 2 heterocycles. The fourth-order valence-corrected chi connectivity index (χ4v) is 7.01. The van der Waals surface area contributed by atoms with Crippen molar-refractivity contribution >= 4 is 40.1 Å². The van der Waals surface area contributed by atoms with Crippen LogP contribution in [0.3, 0.4) is 0 Å². The standard InChI is InChI=1S/C40H54N4O6S/c1-26(34-22-29(25-51-34)30-19-17-16-18-28(30)24-44(6)39(46)50-40(3,4)5)41-38-32-23-33(47-7)37(49-9)31(36(32)42-27(2)43-38)20-14-12-10-11-13-15-21-35(45)48-8/h16-19,22-23,25-26H,10-15,20-21,24H2,1-9H3,(H,41,42,43). The molecule has 1 N–H and O–H groups in total. The molecule has 1 unspecified atom stereocenters. The van der Waals surface area contributed by atoms with E-state index in [1.807, 2.05) is 45.9 Å². The Bertz CT molecular complexity index is 1780. The van der Waals surface area contributed by atoms with Gasteiger partial charge >= 0.3 is 12.1 Å². The predicted octanol–water partition coefficient (Wildman–Crippen LogP) is 9.67. The number of anilines is 1. The van der Waals surface area contributed by atoms with E-state index in [2.05, 4.69) is 35.8 Å². The zero-order chi connectivity index (χ0) is 37.1. The van der Waals surface area contributed by atoms with Gasteiger partial charge < -0.3 is 29.2 Å². The summed E-state index contributed by atoms with van der Waals surface area (Å²) in [6.45, 7) is 10.1. The van der Waals surface area contributed by atoms with E-state index in [-0.39, 0.29) is 18.1 Å². The molecular weight excluding hydrogens is 665 g/mol. The van der Waals surface area contributed by atoms with Crippen molar-refractivity contribution in [2.24, 2.45) is 0 Å². The number of fused-ring (bicyclic) bond motifs is 1. The molecule has 2 aromatic heterocycles. The Hall–Kier alpha value is -4.38. The molecular formula is C40H54N4O6S. The van der Waals surface area contributed by atoms with Crippen molar-refractivity contribution in [2.45, 2.75) is 104 Å². The Labute approximate surface area is 306 Å². The van der Waals surface area contributed by atoms with Crippen LogP contribution in [-0.2, 0) is 27.2 Å². The number of hydrogen-bond acceptors (Lipinski definition) is 10. The number of nitrogens with zero attached hydrogens (tertiary/aromatic N) is 3. The van der Waals surface area contributed by atoms with Gasteiger partial charge in [-0.2, -0.15) is 0 Å². The van der Waals surface area contributed by atoms with Crippen LogP contribution in [0.2, 0.25) is 0 Å². The zero-order valence-corrected chi connectivity index (χ0v) is 32.5. The molecule has 4 rings (SSSR count). The number of carbonyl (C=O) groups excluding carboxylic acids is 2. The normalized spacial score (nSPS) is 12.0. The highest BCUT2D eigenvalue weighted by molar-refractivity contribution is 7.10. The van der Waals surface area contributed by atoms with Crippen LogP contribution in [0.4, 0.5) is 10.6 Å². The van der Waals surface area contributed by atoms with E-state index in [4.69, 9.17) is 28.9 Å². The molecule has 0 aliphatic carbocycles. The summed E-state index contributed by atoms with van der Waals surface area (Å²) in [5.74, 6) is 2.63. The topological polar surface area (TPSA) is 112 Å². The van der Waals surface area contributed by atoms with E-state index in [9.17, 15) is 9.59 Å². The number of amides is 1. The first-order chi connectivity index (χ1) is 24.3. The zero-order valence-electron chi connectivity index (χ0n) is 31.7. The Kier molecular flexibility index (Phi) is 14.1. The highest BCUT2D eigenvalue weighted by Crippen LogP contribution is 2.41. The van der Waals surface area contributed by atoms with Crippen LogP contribution < -0.4 is 14.8 Å². The van der Waals surface area contributed by atoms with Crippen molar-refractivity contribution in [3.63, 3.8) is 0 Å². The maximum atomic E-state index is 12.7. The molecule has 276 valence electrons. The van der Waals surface area contributed by atoms with Crippen LogP contribution in [0, 0.1) is 6.92 Å². The molecule has 2 aromatic carbocycles. The number of rotatable bonds is 17. The van der Waals surface area contributed by atoms with Crippen molar-refractivity contribution < 1.29 is 28.5 Å². The van der Waals surface area contributed by atoms with Crippen molar-refractivity contribution in [3.8, 4) is 22.6 Å². The van der Waals surface area contributed by atoms with Crippen molar-refractivity contribution in [1.82, 2.24) is 14.9 Å². The van der Waals surface area contributed by atoms with Crippen LogP contribution in [-0.4, -0.2) is 60.9 Å². The SMILES string of the molecule is COC(=O)CCCCCCCCc1c(OC)c(OC)cc2c(NC(C)c3cc(-c4ccccc4CN(C)C(=O)OC(C)(C)C)cs3)nc(C)nc12. The molecule has 0 spiro atoms. The number of unbranched alkanes of at least 4 members (excludes halogenated alkanes) is 5. The molecule has 0 aliphatic heterocycles. The monoisotopic (exact) mass is 718 g/mol. The van der Waals surface area contributed by atoms with E-state index in [1.54, 1.807) is 37.5 Å². The number of carbonyl (C=O) groups is 2. The van der Waals surface area contributed by atoms with Gasteiger partial charge in [0.25, 0.3) is 0 Å². The fraction of sp³-hybridized carbons (Fsp3) is 0.500. The Morgan fingerprint density at radius 3 is 2.35 bits per heavy atom. The lowest BCUT2D eigenvalue weighted by molar-refractivity contribution is -0.140. The molecule has 4 aromatic rings. The van der Waals surface area contributed by atoms with E-state index in [1.165, 1.54) is 7.11 Å². The van der Waals surface area contributed by atoms with Gasteiger partial charge in [0.1, 0.15) is 17.2 Å². The number of nitrogens with one attached hydrogen (secondary N) is 1. The maximum absolute atomic E-state index is 12.7. The largest absolute Gasteiger partial charge is 0.493 e. The number of aryl methyl sites for hydroxylation is 2. The van der Waals surface area contributed by atoms with Crippen molar-refractivity contribution in [2.75, 3.05) is 33.7 Å². The molecule has 51 heavy (non-hydrogen) atoms. The molecule has 0 aliphatic rings. The average molecular weight is 719 g/mol. The number of benzene rings is 2. The second-order valence-corrected chi connectivity index (χ2v) is 14.8. The summed E-state index contributed by atoms with van der Waals surface area (Å²) in [5.41, 5.74) is 4.54. The minimum atomic E-state index is -0.558. The lowest BCUT2D eigenvalue weighted by Gasteiger charge is -2.25. The first-order valence-corrected chi connectivity index (χ1v) is 18.6. The molecule has 0 saturated heterocycles. The maximum Gasteiger partial charge on any atom is 0.410 e. The predicted molar refractivity (Wildman–Crippen MR) is 205 cm³/mol. The van der Waals surface area contributed by atoms with Gasteiger partial charge in [0.2, 0.25) is 0 Å². The lowest BCUT2D eigenvalue weighted by atomic mass is 10.00. The number of thiophene rings is 1. The lowest BCUT2D eigenvalue weighted by Crippen LogP contribution is -2.33. The second kappa shape index (κ2) is 18.2. The van der Waals surface area contributed by atoms with Crippen molar-refractivity contribution in [1.29, 1.82) is 0 Å². The van der Waals surface area contributed by atoms with E-state index in [0.29, 0.717) is 30.3 Å². The van der Waals surface area contributed by atoms with E-state index < -0.39 is 5.60 Å². The third-order valence-corrected chi connectivity index (χ3v) is 9.78. The minimum absolute atomic E-state index is 0.0476. The molecule has 1 amide bonds. The quantitative estimate of drug-likeness (QED) is 0.0842. The summed E-state index contributed by atoms with van der Waals surface area (Å²) >= 11 is 1.68. The highest BCUT2D eigenvalue weighted by Gasteiger charge is 2.23. The molecule has 0 radical (unpaired) electrons. The van der Waals surface area contributed by atoms with Crippen LogP contribution in [0.5, 0.6) is 11.5 Å². The van der Waals surface area contributed by atoms with Gasteiger partial charge in [0.15, 0.2) is 11.5 Å². The van der Waals surface area contributed by atoms with Crippen LogP contribution in [0.15, 0.2) is 41.8 Å². The number of hydrogen-bond donors (Lipinski definition) is 1. The summed E-state index contributed by atoms with van der Waals surface area (Å²) in [7, 11) is 6.52. The summed E-state index contributed by atoms with van der Waals surface area (Å²) in [5, 5.41) is 6.72. The van der Waals surface area contributed by atoms with Gasteiger partial charge in [0.05, 0.1) is 32.9 Å². The van der Waals surface area contributed by atoms with Gasteiger partial charge in [-0.1, -0.05) is 49.9 Å². The van der Waals surface area contributed by atoms with Crippen molar-refractivity contribution in [3.05, 3.63) is 63.6 Å². The number of aromatic nitrogens is 2. The Morgan fingerprint density at radius 2 is 1.67 bits per heavy atom.